The predicted octanol–water partition coefficient (Wildman–Crippen LogP) is 4.40. The van der Waals surface area contributed by atoms with Crippen LogP contribution in [0.1, 0.15) is 65.4 Å². The number of hydrogen-bond acceptors (Lipinski definition) is 1. The highest BCUT2D eigenvalue weighted by atomic mass is 16.5. The number of quaternary nitrogens is 1. The van der Waals surface area contributed by atoms with Crippen LogP contribution in [0.5, 0.6) is 0 Å². The van der Waals surface area contributed by atoms with Crippen molar-refractivity contribution >= 4 is 0 Å². The average Bonchev–Trinajstić information content (AvgIpc) is 2.58. The standard InChI is InChI=1S/C22H37NO/c1-18(2)10-11-22(13-15-24-21(16-22)19(3)4)12-14-23-17-20-8-6-5-7-9-20/h5-9,18-19,21,23H,10-17H2,1-4H3/p+1/t21-,22+/m0/s1. The van der Waals surface area contributed by atoms with Crippen molar-refractivity contribution in [2.45, 2.75) is 72.4 Å². The van der Waals surface area contributed by atoms with Crippen molar-refractivity contribution in [1.29, 1.82) is 0 Å². The molecule has 2 heteroatoms. The highest BCUT2D eigenvalue weighted by Crippen LogP contribution is 2.43. The van der Waals surface area contributed by atoms with E-state index in [4.69, 9.17) is 4.74 Å². The molecule has 1 fully saturated rings. The SMILES string of the molecule is CC(C)CC[C@@]1(CC[NH2+]Cc2ccccc2)CCO[C@H](C(C)C)C1. The second-order valence-corrected chi connectivity index (χ2v) is 8.56. The van der Waals surface area contributed by atoms with Gasteiger partial charge in [-0.15, -0.1) is 0 Å². The molecule has 0 bridgehead atoms. The molecule has 0 aliphatic carbocycles. The van der Waals surface area contributed by atoms with Gasteiger partial charge in [-0.05, 0) is 36.5 Å². The molecule has 1 saturated heterocycles. The van der Waals surface area contributed by atoms with E-state index in [2.05, 4.69) is 63.3 Å². The van der Waals surface area contributed by atoms with Crippen molar-refractivity contribution in [3.63, 3.8) is 0 Å². The van der Waals surface area contributed by atoms with E-state index in [9.17, 15) is 0 Å². The van der Waals surface area contributed by atoms with E-state index in [1.807, 2.05) is 0 Å². The van der Waals surface area contributed by atoms with Gasteiger partial charge in [-0.2, -0.15) is 0 Å². The van der Waals surface area contributed by atoms with Crippen LogP contribution in [-0.4, -0.2) is 19.3 Å². The van der Waals surface area contributed by atoms with Crippen LogP contribution in [0, 0.1) is 17.3 Å². The Morgan fingerprint density at radius 1 is 1.12 bits per heavy atom. The predicted molar refractivity (Wildman–Crippen MR) is 102 cm³/mol. The van der Waals surface area contributed by atoms with Gasteiger partial charge >= 0.3 is 0 Å². The Balaban J connectivity index is 1.88. The largest absolute Gasteiger partial charge is 0.378 e. The Hall–Kier alpha value is -0.860. The molecule has 0 spiro atoms. The molecule has 0 unspecified atom stereocenters. The molecule has 1 aromatic carbocycles. The molecule has 1 heterocycles. The quantitative estimate of drug-likeness (QED) is 0.667. The maximum atomic E-state index is 6.07. The van der Waals surface area contributed by atoms with Gasteiger partial charge in [0.05, 0.1) is 12.6 Å². The highest BCUT2D eigenvalue weighted by molar-refractivity contribution is 5.12. The van der Waals surface area contributed by atoms with Crippen LogP contribution in [0.3, 0.4) is 0 Å². The van der Waals surface area contributed by atoms with E-state index in [-0.39, 0.29) is 0 Å². The molecule has 2 nitrogen and oxygen atoms in total. The topological polar surface area (TPSA) is 25.8 Å². The second-order valence-electron chi connectivity index (χ2n) is 8.56. The summed E-state index contributed by atoms with van der Waals surface area (Å²) in [4.78, 5) is 0. The molecular formula is C22H38NO+. The number of hydrogen-bond donors (Lipinski definition) is 1. The minimum atomic E-state index is 0.458. The molecule has 1 aliphatic heterocycles. The molecular weight excluding hydrogens is 294 g/mol. The van der Waals surface area contributed by atoms with Gasteiger partial charge in [0.15, 0.2) is 0 Å². The average molecular weight is 333 g/mol. The van der Waals surface area contributed by atoms with Gasteiger partial charge in [-0.25, -0.2) is 0 Å². The van der Waals surface area contributed by atoms with Gasteiger partial charge in [0, 0.05) is 18.6 Å². The minimum absolute atomic E-state index is 0.458. The summed E-state index contributed by atoms with van der Waals surface area (Å²) in [5, 5.41) is 2.49. The number of benzene rings is 1. The van der Waals surface area contributed by atoms with Crippen LogP contribution in [0.15, 0.2) is 30.3 Å². The zero-order chi connectivity index (χ0) is 17.4. The fraction of sp³-hybridized carbons (Fsp3) is 0.727. The molecule has 0 amide bonds. The lowest BCUT2D eigenvalue weighted by Gasteiger charge is -2.42. The Bertz CT molecular complexity index is 456. The Morgan fingerprint density at radius 2 is 1.88 bits per heavy atom. The minimum Gasteiger partial charge on any atom is -0.378 e. The molecule has 2 N–H and O–H groups in total. The van der Waals surface area contributed by atoms with Crippen molar-refractivity contribution in [2.24, 2.45) is 17.3 Å². The lowest BCUT2D eigenvalue weighted by molar-refractivity contribution is -0.672. The lowest BCUT2D eigenvalue weighted by Crippen LogP contribution is -2.83. The van der Waals surface area contributed by atoms with Crippen LogP contribution in [0.2, 0.25) is 0 Å². The maximum absolute atomic E-state index is 6.07. The van der Waals surface area contributed by atoms with Crippen molar-refractivity contribution in [3.05, 3.63) is 35.9 Å². The molecule has 1 aromatic rings. The third-order valence-corrected chi connectivity index (χ3v) is 5.70. The zero-order valence-electron chi connectivity index (χ0n) is 16.3. The molecule has 2 rings (SSSR count). The fourth-order valence-electron chi connectivity index (χ4n) is 3.91. The highest BCUT2D eigenvalue weighted by Gasteiger charge is 2.37. The van der Waals surface area contributed by atoms with Crippen molar-refractivity contribution in [3.8, 4) is 0 Å². The fourth-order valence-corrected chi connectivity index (χ4v) is 3.91. The van der Waals surface area contributed by atoms with Crippen molar-refractivity contribution in [2.75, 3.05) is 13.2 Å². The molecule has 0 radical (unpaired) electrons. The van der Waals surface area contributed by atoms with E-state index >= 15 is 0 Å². The van der Waals surface area contributed by atoms with E-state index < -0.39 is 0 Å². The third-order valence-electron chi connectivity index (χ3n) is 5.70. The first kappa shape index (κ1) is 19.5. The first-order valence-corrected chi connectivity index (χ1v) is 9.98. The summed E-state index contributed by atoms with van der Waals surface area (Å²) < 4.78 is 6.07. The Morgan fingerprint density at radius 3 is 2.54 bits per heavy atom. The van der Waals surface area contributed by atoms with E-state index in [1.54, 1.807) is 0 Å². The summed E-state index contributed by atoms with van der Waals surface area (Å²) in [6.45, 7) is 12.6. The number of rotatable bonds is 9. The molecule has 0 aromatic heterocycles. The Kier molecular flexibility index (Phi) is 7.77. The summed E-state index contributed by atoms with van der Waals surface area (Å²) in [5.41, 5.74) is 1.94. The molecule has 2 atom stereocenters. The van der Waals surface area contributed by atoms with E-state index in [1.165, 1.54) is 44.2 Å². The summed E-state index contributed by atoms with van der Waals surface area (Å²) in [6.07, 6.45) is 7.03. The van der Waals surface area contributed by atoms with Crippen LogP contribution in [0.4, 0.5) is 0 Å². The van der Waals surface area contributed by atoms with E-state index in [0.29, 0.717) is 17.4 Å². The van der Waals surface area contributed by atoms with Gasteiger partial charge < -0.3 is 10.1 Å². The van der Waals surface area contributed by atoms with Crippen LogP contribution >= 0.6 is 0 Å². The first-order chi connectivity index (χ1) is 11.5. The van der Waals surface area contributed by atoms with Crippen molar-refractivity contribution in [1.82, 2.24) is 0 Å². The van der Waals surface area contributed by atoms with Gasteiger partial charge in [0.25, 0.3) is 0 Å². The second kappa shape index (κ2) is 9.58. The molecule has 0 saturated carbocycles. The van der Waals surface area contributed by atoms with Gasteiger partial charge in [0.1, 0.15) is 6.54 Å². The van der Waals surface area contributed by atoms with Gasteiger partial charge in [-0.3, -0.25) is 0 Å². The van der Waals surface area contributed by atoms with Gasteiger partial charge in [0.2, 0.25) is 0 Å². The lowest BCUT2D eigenvalue weighted by atomic mass is 9.69. The van der Waals surface area contributed by atoms with Crippen LogP contribution in [0.25, 0.3) is 0 Å². The normalized spacial score (nSPS) is 24.7. The summed E-state index contributed by atoms with van der Waals surface area (Å²) in [6, 6.07) is 10.8. The summed E-state index contributed by atoms with van der Waals surface area (Å²) >= 11 is 0. The number of ether oxygens (including phenoxy) is 1. The van der Waals surface area contributed by atoms with Crippen LogP contribution < -0.4 is 5.32 Å². The Labute approximate surface area is 149 Å². The number of nitrogens with two attached hydrogens (primary N) is 1. The van der Waals surface area contributed by atoms with Crippen LogP contribution in [-0.2, 0) is 11.3 Å². The smallest absolute Gasteiger partial charge is 0.101 e. The third kappa shape index (κ3) is 6.22. The zero-order valence-corrected chi connectivity index (χ0v) is 16.3. The molecule has 1 aliphatic rings. The summed E-state index contributed by atoms with van der Waals surface area (Å²) in [7, 11) is 0. The van der Waals surface area contributed by atoms with Crippen molar-refractivity contribution < 1.29 is 10.1 Å². The maximum Gasteiger partial charge on any atom is 0.101 e. The first-order valence-electron chi connectivity index (χ1n) is 9.98. The summed E-state index contributed by atoms with van der Waals surface area (Å²) in [5.74, 6) is 1.44. The molecule has 24 heavy (non-hydrogen) atoms. The molecule has 136 valence electrons. The van der Waals surface area contributed by atoms with E-state index in [0.717, 1.165) is 19.1 Å². The van der Waals surface area contributed by atoms with Gasteiger partial charge in [-0.1, -0.05) is 64.4 Å². The monoisotopic (exact) mass is 332 g/mol.